The Morgan fingerprint density at radius 1 is 1.30 bits per heavy atom. The predicted molar refractivity (Wildman–Crippen MR) is 80.6 cm³/mol. The first kappa shape index (κ1) is 14.5. The Morgan fingerprint density at radius 3 is 2.65 bits per heavy atom. The van der Waals surface area contributed by atoms with Crippen molar-refractivity contribution in [1.82, 2.24) is 0 Å². The van der Waals surface area contributed by atoms with Crippen molar-refractivity contribution in [3.63, 3.8) is 0 Å². The standard InChI is InChI=1S/C15H14BrFN2O/c1-9-6-10(15(18)19)2-3-11(9)8-20-12-4-5-14(17)13(16)7-12/h2-7H,8H2,1H3,(H3,18,19). The molecule has 2 aromatic rings. The van der Waals surface area contributed by atoms with E-state index in [9.17, 15) is 4.39 Å². The van der Waals surface area contributed by atoms with Gasteiger partial charge in [-0.15, -0.1) is 0 Å². The first-order chi connectivity index (χ1) is 9.47. The molecule has 3 N–H and O–H groups in total. The molecule has 20 heavy (non-hydrogen) atoms. The fraction of sp³-hybridized carbons (Fsp3) is 0.133. The molecule has 2 rings (SSSR count). The summed E-state index contributed by atoms with van der Waals surface area (Å²) in [6, 6.07) is 10.0. The van der Waals surface area contributed by atoms with Crippen molar-refractivity contribution in [3.8, 4) is 5.75 Å². The Balaban J connectivity index is 2.10. The quantitative estimate of drug-likeness (QED) is 0.659. The van der Waals surface area contributed by atoms with Gasteiger partial charge in [0.1, 0.15) is 24.0 Å². The van der Waals surface area contributed by atoms with Crippen LogP contribution in [0.5, 0.6) is 5.75 Å². The van der Waals surface area contributed by atoms with Crippen LogP contribution >= 0.6 is 15.9 Å². The number of amidine groups is 1. The molecular weight excluding hydrogens is 323 g/mol. The molecule has 0 heterocycles. The number of nitrogens with two attached hydrogens (primary N) is 1. The van der Waals surface area contributed by atoms with Crippen LogP contribution in [0.4, 0.5) is 4.39 Å². The first-order valence-corrected chi connectivity index (χ1v) is 6.78. The fourth-order valence-corrected chi connectivity index (χ4v) is 2.11. The molecule has 104 valence electrons. The van der Waals surface area contributed by atoms with Gasteiger partial charge in [0, 0.05) is 5.56 Å². The van der Waals surface area contributed by atoms with E-state index in [4.69, 9.17) is 15.9 Å². The zero-order chi connectivity index (χ0) is 14.7. The molecule has 0 aliphatic rings. The van der Waals surface area contributed by atoms with E-state index in [0.717, 1.165) is 11.1 Å². The minimum atomic E-state index is -0.320. The van der Waals surface area contributed by atoms with E-state index in [1.165, 1.54) is 6.07 Å². The van der Waals surface area contributed by atoms with Gasteiger partial charge in [0.25, 0.3) is 0 Å². The van der Waals surface area contributed by atoms with Gasteiger partial charge in [0.15, 0.2) is 0 Å². The molecule has 0 amide bonds. The minimum Gasteiger partial charge on any atom is -0.489 e. The second-order valence-corrected chi connectivity index (χ2v) is 5.27. The van der Waals surface area contributed by atoms with Crippen LogP contribution in [0.2, 0.25) is 0 Å². The number of hydrogen-bond donors (Lipinski definition) is 2. The topological polar surface area (TPSA) is 59.1 Å². The van der Waals surface area contributed by atoms with Crippen LogP contribution in [0.1, 0.15) is 16.7 Å². The SMILES string of the molecule is Cc1cc(C(=N)N)ccc1COc1ccc(F)c(Br)c1. The summed E-state index contributed by atoms with van der Waals surface area (Å²) >= 11 is 3.12. The third-order valence-electron chi connectivity index (χ3n) is 2.94. The molecule has 0 bridgehead atoms. The lowest BCUT2D eigenvalue weighted by molar-refractivity contribution is 0.304. The summed E-state index contributed by atoms with van der Waals surface area (Å²) in [6.45, 7) is 2.31. The van der Waals surface area contributed by atoms with Crippen LogP contribution in [0.3, 0.4) is 0 Å². The van der Waals surface area contributed by atoms with Crippen LogP contribution in [0.25, 0.3) is 0 Å². The van der Waals surface area contributed by atoms with E-state index in [2.05, 4.69) is 15.9 Å². The summed E-state index contributed by atoms with van der Waals surface area (Å²) in [5.74, 6) is 0.315. The van der Waals surface area contributed by atoms with Crippen molar-refractivity contribution in [1.29, 1.82) is 5.41 Å². The smallest absolute Gasteiger partial charge is 0.137 e. The summed E-state index contributed by atoms with van der Waals surface area (Å²) in [5.41, 5.74) is 8.13. The maximum atomic E-state index is 13.1. The van der Waals surface area contributed by atoms with Crippen molar-refractivity contribution in [3.05, 3.63) is 63.4 Å². The van der Waals surface area contributed by atoms with Gasteiger partial charge in [-0.25, -0.2) is 4.39 Å². The molecular formula is C15H14BrFN2O. The molecule has 0 aliphatic carbocycles. The van der Waals surface area contributed by atoms with E-state index >= 15 is 0 Å². The molecule has 0 aromatic heterocycles. The maximum Gasteiger partial charge on any atom is 0.137 e. The van der Waals surface area contributed by atoms with Crippen LogP contribution in [0.15, 0.2) is 40.9 Å². The molecule has 3 nitrogen and oxygen atoms in total. The Morgan fingerprint density at radius 2 is 2.05 bits per heavy atom. The van der Waals surface area contributed by atoms with Gasteiger partial charge >= 0.3 is 0 Å². The fourth-order valence-electron chi connectivity index (χ4n) is 1.75. The van der Waals surface area contributed by atoms with Crippen molar-refractivity contribution in [2.45, 2.75) is 13.5 Å². The second kappa shape index (κ2) is 6.05. The van der Waals surface area contributed by atoms with E-state index in [-0.39, 0.29) is 11.7 Å². The first-order valence-electron chi connectivity index (χ1n) is 5.99. The summed E-state index contributed by atoms with van der Waals surface area (Å²) in [4.78, 5) is 0. The molecule has 0 atom stereocenters. The Kier molecular flexibility index (Phi) is 4.39. The van der Waals surface area contributed by atoms with E-state index in [1.54, 1.807) is 18.2 Å². The molecule has 5 heteroatoms. The third-order valence-corrected chi connectivity index (χ3v) is 3.55. The zero-order valence-electron chi connectivity index (χ0n) is 10.9. The molecule has 0 aliphatic heterocycles. The van der Waals surface area contributed by atoms with Crippen molar-refractivity contribution in [2.75, 3.05) is 0 Å². The number of ether oxygens (including phenoxy) is 1. The van der Waals surface area contributed by atoms with Crippen molar-refractivity contribution in [2.24, 2.45) is 5.73 Å². The van der Waals surface area contributed by atoms with E-state index < -0.39 is 0 Å². The lowest BCUT2D eigenvalue weighted by atomic mass is 10.1. The number of benzene rings is 2. The van der Waals surface area contributed by atoms with Crippen LogP contribution in [-0.4, -0.2) is 5.84 Å². The zero-order valence-corrected chi connectivity index (χ0v) is 12.5. The molecule has 0 radical (unpaired) electrons. The van der Waals surface area contributed by atoms with Gasteiger partial charge in [0.05, 0.1) is 4.47 Å². The molecule has 0 spiro atoms. The van der Waals surface area contributed by atoms with Gasteiger partial charge in [-0.3, -0.25) is 5.41 Å². The highest BCUT2D eigenvalue weighted by molar-refractivity contribution is 9.10. The van der Waals surface area contributed by atoms with Gasteiger partial charge < -0.3 is 10.5 Å². The monoisotopic (exact) mass is 336 g/mol. The average Bonchev–Trinajstić information content (AvgIpc) is 2.41. The van der Waals surface area contributed by atoms with Gasteiger partial charge in [-0.2, -0.15) is 0 Å². The molecule has 0 fully saturated rings. The summed E-state index contributed by atoms with van der Waals surface area (Å²) < 4.78 is 19.1. The number of hydrogen-bond acceptors (Lipinski definition) is 2. The Bertz CT molecular complexity index is 658. The summed E-state index contributed by atoms with van der Waals surface area (Å²) in [7, 11) is 0. The van der Waals surface area contributed by atoms with Gasteiger partial charge in [-0.05, 0) is 58.2 Å². The molecule has 2 aromatic carbocycles. The van der Waals surface area contributed by atoms with Crippen LogP contribution in [0, 0.1) is 18.2 Å². The second-order valence-electron chi connectivity index (χ2n) is 4.42. The number of nitrogen functional groups attached to an aromatic ring is 1. The number of nitrogens with one attached hydrogen (secondary N) is 1. The lowest BCUT2D eigenvalue weighted by Crippen LogP contribution is -2.11. The summed E-state index contributed by atoms with van der Waals surface area (Å²) in [5, 5.41) is 7.39. The largest absolute Gasteiger partial charge is 0.489 e. The van der Waals surface area contributed by atoms with Crippen LogP contribution < -0.4 is 10.5 Å². The number of aryl methyl sites for hydroxylation is 1. The number of rotatable bonds is 4. The Hall–Kier alpha value is -1.88. The molecule has 0 saturated carbocycles. The van der Waals surface area contributed by atoms with E-state index in [0.29, 0.717) is 22.4 Å². The van der Waals surface area contributed by atoms with Gasteiger partial charge in [0.2, 0.25) is 0 Å². The third kappa shape index (κ3) is 3.36. The molecule has 0 unspecified atom stereocenters. The highest BCUT2D eigenvalue weighted by Gasteiger charge is 2.05. The lowest BCUT2D eigenvalue weighted by Gasteiger charge is -2.10. The summed E-state index contributed by atoms with van der Waals surface area (Å²) in [6.07, 6.45) is 0. The van der Waals surface area contributed by atoms with Gasteiger partial charge in [-0.1, -0.05) is 12.1 Å². The normalized spacial score (nSPS) is 10.3. The Labute approximate surface area is 125 Å². The molecule has 0 saturated heterocycles. The highest BCUT2D eigenvalue weighted by Crippen LogP contribution is 2.23. The van der Waals surface area contributed by atoms with Crippen LogP contribution in [-0.2, 0) is 6.61 Å². The minimum absolute atomic E-state index is 0.0445. The van der Waals surface area contributed by atoms with Crippen molar-refractivity contribution < 1.29 is 9.13 Å². The highest BCUT2D eigenvalue weighted by atomic mass is 79.9. The predicted octanol–water partition coefficient (Wildman–Crippen LogP) is 3.76. The van der Waals surface area contributed by atoms with E-state index in [1.807, 2.05) is 19.1 Å². The van der Waals surface area contributed by atoms with Crippen molar-refractivity contribution >= 4 is 21.8 Å². The number of halogens is 2. The average molecular weight is 337 g/mol. The maximum absolute atomic E-state index is 13.1.